The van der Waals surface area contributed by atoms with Crippen LogP contribution in [-0.4, -0.2) is 24.0 Å². The minimum atomic E-state index is -4.23. The first-order valence-electron chi connectivity index (χ1n) is 4.47. The highest BCUT2D eigenvalue weighted by molar-refractivity contribution is 8.16. The Morgan fingerprint density at radius 3 is 2.18 bits per heavy atom. The number of nitrogens with one attached hydrogen (secondary N) is 1. The molecule has 2 N–H and O–H groups in total. The van der Waals surface area contributed by atoms with Crippen molar-refractivity contribution in [1.29, 1.82) is 0 Å². The van der Waals surface area contributed by atoms with Crippen LogP contribution >= 0.6 is 11.8 Å². The van der Waals surface area contributed by atoms with Crippen LogP contribution in [0.2, 0.25) is 0 Å². The van der Waals surface area contributed by atoms with Crippen molar-refractivity contribution in [1.82, 2.24) is 5.32 Å². The van der Waals surface area contributed by atoms with Gasteiger partial charge in [-0.1, -0.05) is 12.1 Å². The van der Waals surface area contributed by atoms with E-state index < -0.39 is 26.5 Å². The molecule has 0 spiro atoms. The molecule has 1 aliphatic rings. The van der Waals surface area contributed by atoms with Crippen LogP contribution in [0.1, 0.15) is 10.9 Å². The van der Waals surface area contributed by atoms with E-state index in [1.165, 1.54) is 24.3 Å². The summed E-state index contributed by atoms with van der Waals surface area (Å²) in [6, 6.07) is 5.28. The fraction of sp³-hybridized carbons (Fsp3) is 0.111. The summed E-state index contributed by atoms with van der Waals surface area (Å²) in [5, 5.41) is 1.36. The Labute approximate surface area is 101 Å². The minimum absolute atomic E-state index is 0.234. The van der Waals surface area contributed by atoms with Gasteiger partial charge in [-0.05, 0) is 29.5 Å². The number of amides is 1. The molecule has 2 rings (SSSR count). The molecule has 1 aromatic rings. The predicted molar refractivity (Wildman–Crippen MR) is 59.7 cm³/mol. The third-order valence-electron chi connectivity index (χ3n) is 2.15. The lowest BCUT2D eigenvalue weighted by Gasteiger charge is -2.08. The van der Waals surface area contributed by atoms with Crippen LogP contribution in [0.25, 0.3) is 0 Å². The lowest BCUT2D eigenvalue weighted by Crippen LogP contribution is -2.21. The van der Waals surface area contributed by atoms with Crippen LogP contribution < -0.4 is 5.32 Å². The third kappa shape index (κ3) is 2.48. The van der Waals surface area contributed by atoms with E-state index in [-0.39, 0.29) is 4.90 Å². The van der Waals surface area contributed by atoms with E-state index in [1.54, 1.807) is 0 Å². The zero-order chi connectivity index (χ0) is 12.6. The quantitative estimate of drug-likeness (QED) is 0.594. The fourth-order valence-corrected chi connectivity index (χ4v) is 2.65. The van der Waals surface area contributed by atoms with Crippen LogP contribution in [0.15, 0.2) is 29.2 Å². The van der Waals surface area contributed by atoms with Crippen molar-refractivity contribution in [2.75, 3.05) is 0 Å². The molecule has 0 radical (unpaired) electrons. The Kier molecular flexibility index (Phi) is 2.94. The summed E-state index contributed by atoms with van der Waals surface area (Å²) in [7, 11) is -4.23. The second-order valence-corrected chi connectivity index (χ2v) is 5.80. The standard InChI is InChI=1S/C9H7NO5S2/c11-7-9(12)16-8(10-7)5-1-3-6(4-2-5)17(13,14)15/h1-4,8H,(H,10,11)(H,13,14,15). The Morgan fingerprint density at radius 2 is 1.76 bits per heavy atom. The highest BCUT2D eigenvalue weighted by Gasteiger charge is 2.31. The van der Waals surface area contributed by atoms with Gasteiger partial charge in [-0.3, -0.25) is 14.1 Å². The zero-order valence-corrected chi connectivity index (χ0v) is 9.92. The number of hydrogen-bond donors (Lipinski definition) is 2. The lowest BCUT2D eigenvalue weighted by atomic mass is 10.2. The summed E-state index contributed by atoms with van der Waals surface area (Å²) < 4.78 is 30.4. The summed E-state index contributed by atoms with van der Waals surface area (Å²) in [6.45, 7) is 0. The first-order chi connectivity index (χ1) is 7.88. The van der Waals surface area contributed by atoms with Crippen molar-refractivity contribution in [2.45, 2.75) is 10.3 Å². The monoisotopic (exact) mass is 273 g/mol. The SMILES string of the molecule is O=C1NC(c2ccc(S(=O)(=O)O)cc2)SC1=O. The Morgan fingerprint density at radius 1 is 1.18 bits per heavy atom. The summed E-state index contributed by atoms with van der Waals surface area (Å²) >= 11 is 0.829. The molecule has 17 heavy (non-hydrogen) atoms. The molecule has 1 aromatic carbocycles. The van der Waals surface area contributed by atoms with Gasteiger partial charge < -0.3 is 5.32 Å². The number of thioether (sulfide) groups is 1. The first kappa shape index (κ1) is 12.1. The van der Waals surface area contributed by atoms with E-state index in [9.17, 15) is 18.0 Å². The van der Waals surface area contributed by atoms with Crippen molar-refractivity contribution < 1.29 is 22.6 Å². The number of hydrogen-bond acceptors (Lipinski definition) is 5. The normalized spacial score (nSPS) is 20.4. The number of carbonyl (C=O) groups excluding carboxylic acids is 2. The first-order valence-corrected chi connectivity index (χ1v) is 6.79. The summed E-state index contributed by atoms with van der Waals surface area (Å²) in [5.74, 6) is -0.668. The molecule has 1 saturated heterocycles. The molecule has 6 nitrogen and oxygen atoms in total. The van der Waals surface area contributed by atoms with Gasteiger partial charge in [-0.2, -0.15) is 8.42 Å². The van der Waals surface area contributed by atoms with Crippen molar-refractivity contribution in [3.05, 3.63) is 29.8 Å². The highest BCUT2D eigenvalue weighted by atomic mass is 32.2. The van der Waals surface area contributed by atoms with Gasteiger partial charge in [0.05, 0.1) is 4.90 Å². The molecule has 1 aliphatic heterocycles. The van der Waals surface area contributed by atoms with Crippen molar-refractivity contribution in [2.24, 2.45) is 0 Å². The molecule has 0 aliphatic carbocycles. The van der Waals surface area contributed by atoms with Gasteiger partial charge >= 0.3 is 0 Å². The smallest absolute Gasteiger partial charge is 0.299 e. The molecule has 1 heterocycles. The van der Waals surface area contributed by atoms with Crippen LogP contribution in [0.4, 0.5) is 0 Å². The van der Waals surface area contributed by atoms with Crippen LogP contribution in [0.5, 0.6) is 0 Å². The summed E-state index contributed by atoms with van der Waals surface area (Å²) in [4.78, 5) is 21.7. The molecular formula is C9H7NO5S2. The second-order valence-electron chi connectivity index (χ2n) is 3.30. The molecule has 1 amide bonds. The molecule has 8 heteroatoms. The van der Waals surface area contributed by atoms with Gasteiger partial charge in [0, 0.05) is 0 Å². The Hall–Kier alpha value is -1.38. The van der Waals surface area contributed by atoms with Crippen LogP contribution in [0, 0.1) is 0 Å². The predicted octanol–water partition coefficient (Wildman–Crippen LogP) is 0.321. The maximum absolute atomic E-state index is 11.0. The molecule has 0 saturated carbocycles. The van der Waals surface area contributed by atoms with Gasteiger partial charge in [0.2, 0.25) is 0 Å². The topological polar surface area (TPSA) is 101 Å². The molecule has 90 valence electrons. The summed E-state index contributed by atoms with van der Waals surface area (Å²) in [6.07, 6.45) is 0. The zero-order valence-electron chi connectivity index (χ0n) is 8.28. The van der Waals surface area contributed by atoms with Gasteiger partial charge in [-0.15, -0.1) is 0 Å². The van der Waals surface area contributed by atoms with E-state index >= 15 is 0 Å². The Bertz CT molecular complexity index is 562. The Balaban J connectivity index is 2.25. The average Bonchev–Trinajstić information content (AvgIpc) is 2.58. The fourth-order valence-electron chi connectivity index (χ4n) is 1.33. The highest BCUT2D eigenvalue weighted by Crippen LogP contribution is 2.31. The largest absolute Gasteiger partial charge is 0.332 e. The molecule has 1 fully saturated rings. The molecule has 1 unspecified atom stereocenters. The number of rotatable bonds is 2. The average molecular weight is 273 g/mol. The van der Waals surface area contributed by atoms with Crippen LogP contribution in [0.3, 0.4) is 0 Å². The number of benzene rings is 1. The van der Waals surface area contributed by atoms with E-state index in [0.717, 1.165) is 11.8 Å². The third-order valence-corrected chi connectivity index (χ3v) is 4.05. The molecule has 1 atom stereocenters. The maximum Gasteiger partial charge on any atom is 0.299 e. The second kappa shape index (κ2) is 4.13. The van der Waals surface area contributed by atoms with Gasteiger partial charge in [0.15, 0.2) is 0 Å². The summed E-state index contributed by atoms with van der Waals surface area (Å²) in [5.41, 5.74) is 0.585. The van der Waals surface area contributed by atoms with Crippen molar-refractivity contribution in [3.63, 3.8) is 0 Å². The molecular weight excluding hydrogens is 266 g/mol. The van der Waals surface area contributed by atoms with Crippen molar-refractivity contribution >= 4 is 32.9 Å². The lowest BCUT2D eigenvalue weighted by molar-refractivity contribution is -0.132. The van der Waals surface area contributed by atoms with E-state index in [4.69, 9.17) is 4.55 Å². The minimum Gasteiger partial charge on any atom is -0.332 e. The molecule has 0 bridgehead atoms. The van der Waals surface area contributed by atoms with Crippen LogP contribution in [-0.2, 0) is 19.7 Å². The van der Waals surface area contributed by atoms with E-state index in [1.807, 2.05) is 0 Å². The van der Waals surface area contributed by atoms with Crippen molar-refractivity contribution in [3.8, 4) is 0 Å². The number of carbonyl (C=O) groups is 2. The van der Waals surface area contributed by atoms with E-state index in [0.29, 0.717) is 5.56 Å². The van der Waals surface area contributed by atoms with Gasteiger partial charge in [-0.25, -0.2) is 0 Å². The molecule has 0 aromatic heterocycles. The van der Waals surface area contributed by atoms with Gasteiger partial charge in [0.25, 0.3) is 21.1 Å². The van der Waals surface area contributed by atoms with E-state index in [2.05, 4.69) is 5.32 Å². The van der Waals surface area contributed by atoms with Gasteiger partial charge in [0.1, 0.15) is 5.37 Å². The maximum atomic E-state index is 11.0.